The molecule has 0 aromatic carbocycles. The van der Waals surface area contributed by atoms with E-state index in [1.54, 1.807) is 0 Å². The van der Waals surface area contributed by atoms with E-state index in [-0.39, 0.29) is 6.04 Å². The molecule has 0 aliphatic rings. The van der Waals surface area contributed by atoms with Crippen LogP contribution in [0.4, 0.5) is 0 Å². The molecule has 0 heterocycles. The van der Waals surface area contributed by atoms with Crippen LogP contribution in [0.25, 0.3) is 0 Å². The lowest BCUT2D eigenvalue weighted by Crippen LogP contribution is -2.37. The maximum absolute atomic E-state index is 8.84. The Bertz CT molecular complexity index is 131. The summed E-state index contributed by atoms with van der Waals surface area (Å²) in [5.74, 6) is 0.430. The molecule has 0 aromatic rings. The second kappa shape index (κ2) is 5.15. The second-order valence-electron chi connectivity index (χ2n) is 3.04. The molecule has 0 aliphatic heterocycles. The molecule has 2 nitrogen and oxygen atoms in total. The number of nitrogens with zero attached hydrogens (tertiary/aromatic N) is 2. The minimum Gasteiger partial charge on any atom is -0.288 e. The van der Waals surface area contributed by atoms with Crippen LogP contribution in [-0.4, -0.2) is 24.0 Å². The van der Waals surface area contributed by atoms with E-state index in [4.69, 9.17) is 5.26 Å². The third-order valence-electron chi connectivity index (χ3n) is 1.97. The molecule has 0 saturated heterocycles. The Hall–Kier alpha value is -0.550. The second-order valence-corrected chi connectivity index (χ2v) is 3.04. The molecule has 0 saturated carbocycles. The first-order valence-corrected chi connectivity index (χ1v) is 4.31. The fourth-order valence-corrected chi connectivity index (χ4v) is 1.27. The smallest absolute Gasteiger partial charge is 0.100 e. The van der Waals surface area contributed by atoms with Gasteiger partial charge in [0.05, 0.1) is 6.07 Å². The van der Waals surface area contributed by atoms with Gasteiger partial charge in [0.25, 0.3) is 0 Å². The third kappa shape index (κ3) is 2.90. The van der Waals surface area contributed by atoms with Crippen molar-refractivity contribution < 1.29 is 0 Å². The van der Waals surface area contributed by atoms with Crippen molar-refractivity contribution in [3.63, 3.8) is 0 Å². The lowest BCUT2D eigenvalue weighted by molar-refractivity contribution is 0.215. The number of rotatable bonds is 4. The summed E-state index contributed by atoms with van der Waals surface area (Å²) in [6, 6.07) is 2.42. The van der Waals surface area contributed by atoms with E-state index in [2.05, 4.69) is 38.7 Å². The van der Waals surface area contributed by atoms with E-state index in [1.165, 1.54) is 0 Å². The fraction of sp³-hybridized carbons (Fsp3) is 0.889. The number of hydrogen-bond donors (Lipinski definition) is 0. The van der Waals surface area contributed by atoms with Crippen molar-refractivity contribution in [1.29, 1.82) is 5.26 Å². The first-order chi connectivity index (χ1) is 5.17. The van der Waals surface area contributed by atoms with Crippen LogP contribution < -0.4 is 0 Å². The van der Waals surface area contributed by atoms with Crippen LogP contribution in [-0.2, 0) is 0 Å². The molecule has 0 aromatic heterocycles. The summed E-state index contributed by atoms with van der Waals surface area (Å²) in [6.45, 7) is 10.3. The van der Waals surface area contributed by atoms with Crippen LogP contribution in [0.2, 0.25) is 0 Å². The monoisotopic (exact) mass is 154 g/mol. The van der Waals surface area contributed by atoms with Gasteiger partial charge in [0.1, 0.15) is 6.04 Å². The minimum absolute atomic E-state index is 0.0880. The molecule has 0 amide bonds. The van der Waals surface area contributed by atoms with Crippen molar-refractivity contribution in [1.82, 2.24) is 4.90 Å². The van der Waals surface area contributed by atoms with E-state index < -0.39 is 0 Å². The molecule has 11 heavy (non-hydrogen) atoms. The van der Waals surface area contributed by atoms with E-state index >= 15 is 0 Å². The predicted molar refractivity (Wildman–Crippen MR) is 47.2 cm³/mol. The zero-order valence-electron chi connectivity index (χ0n) is 7.96. The molecule has 64 valence electrons. The largest absolute Gasteiger partial charge is 0.288 e. The van der Waals surface area contributed by atoms with E-state index in [9.17, 15) is 0 Å². The van der Waals surface area contributed by atoms with Gasteiger partial charge in [0.15, 0.2) is 0 Å². The van der Waals surface area contributed by atoms with Gasteiger partial charge in [-0.1, -0.05) is 27.7 Å². The molecule has 0 radical (unpaired) electrons. The highest BCUT2D eigenvalue weighted by Crippen LogP contribution is 2.08. The Balaban J connectivity index is 4.12. The molecular formula is C9H18N2. The topological polar surface area (TPSA) is 27.0 Å². The lowest BCUT2D eigenvalue weighted by atomic mass is 10.0. The van der Waals surface area contributed by atoms with Gasteiger partial charge in [-0.3, -0.25) is 4.90 Å². The molecule has 0 spiro atoms. The zero-order valence-corrected chi connectivity index (χ0v) is 7.96. The highest BCUT2D eigenvalue weighted by Gasteiger charge is 2.17. The fourth-order valence-electron chi connectivity index (χ4n) is 1.27. The van der Waals surface area contributed by atoms with Gasteiger partial charge in [-0.25, -0.2) is 0 Å². The third-order valence-corrected chi connectivity index (χ3v) is 1.97. The highest BCUT2D eigenvalue weighted by molar-refractivity contribution is 4.93. The van der Waals surface area contributed by atoms with E-state index in [0.717, 1.165) is 13.1 Å². The van der Waals surface area contributed by atoms with E-state index in [1.807, 2.05) is 0 Å². The summed E-state index contributed by atoms with van der Waals surface area (Å²) in [5.41, 5.74) is 0. The molecule has 2 heteroatoms. The van der Waals surface area contributed by atoms with Crippen molar-refractivity contribution in [3.8, 4) is 6.07 Å². The molecule has 0 aliphatic carbocycles. The summed E-state index contributed by atoms with van der Waals surface area (Å²) in [5, 5.41) is 8.84. The average Bonchev–Trinajstić information content (AvgIpc) is 1.99. The quantitative estimate of drug-likeness (QED) is 0.618. The Labute approximate surface area is 69.8 Å². The Morgan fingerprint density at radius 2 is 1.73 bits per heavy atom. The van der Waals surface area contributed by atoms with Gasteiger partial charge in [-0.2, -0.15) is 5.26 Å². The van der Waals surface area contributed by atoms with Crippen LogP contribution >= 0.6 is 0 Å². The van der Waals surface area contributed by atoms with Gasteiger partial charge >= 0.3 is 0 Å². The molecule has 1 atom stereocenters. The summed E-state index contributed by atoms with van der Waals surface area (Å²) in [7, 11) is 0. The van der Waals surface area contributed by atoms with Gasteiger partial charge < -0.3 is 0 Å². The normalized spacial score (nSPS) is 13.5. The van der Waals surface area contributed by atoms with Crippen LogP contribution in [0.3, 0.4) is 0 Å². The average molecular weight is 154 g/mol. The summed E-state index contributed by atoms with van der Waals surface area (Å²) in [6.07, 6.45) is 0. The van der Waals surface area contributed by atoms with Crippen LogP contribution in [0.15, 0.2) is 0 Å². The maximum atomic E-state index is 8.84. The molecule has 1 unspecified atom stereocenters. The molecule has 0 bridgehead atoms. The maximum Gasteiger partial charge on any atom is 0.100 e. The zero-order chi connectivity index (χ0) is 8.85. The van der Waals surface area contributed by atoms with Gasteiger partial charge in [0.2, 0.25) is 0 Å². The first-order valence-electron chi connectivity index (χ1n) is 4.31. The Morgan fingerprint density at radius 1 is 1.27 bits per heavy atom. The number of nitriles is 1. The van der Waals surface area contributed by atoms with Crippen molar-refractivity contribution in [2.24, 2.45) is 5.92 Å². The lowest BCUT2D eigenvalue weighted by Gasteiger charge is -2.26. The first kappa shape index (κ1) is 10.4. The molecular weight excluding hydrogens is 136 g/mol. The SMILES string of the molecule is CCN(CC)C(C#N)C(C)C. The summed E-state index contributed by atoms with van der Waals surface area (Å²) >= 11 is 0. The van der Waals surface area contributed by atoms with Crippen molar-refractivity contribution in [2.45, 2.75) is 33.7 Å². The van der Waals surface area contributed by atoms with Gasteiger partial charge in [0, 0.05) is 0 Å². The molecule has 0 fully saturated rings. The van der Waals surface area contributed by atoms with Crippen LogP contribution in [0.1, 0.15) is 27.7 Å². The molecule has 0 N–H and O–H groups in total. The predicted octanol–water partition coefficient (Wildman–Crippen LogP) is 1.88. The Morgan fingerprint density at radius 3 is 1.82 bits per heavy atom. The summed E-state index contributed by atoms with van der Waals surface area (Å²) < 4.78 is 0. The van der Waals surface area contributed by atoms with Crippen molar-refractivity contribution >= 4 is 0 Å². The minimum atomic E-state index is 0.0880. The Kier molecular flexibility index (Phi) is 4.89. The van der Waals surface area contributed by atoms with Crippen molar-refractivity contribution in [2.75, 3.05) is 13.1 Å². The standard InChI is InChI=1S/C9H18N2/c1-5-11(6-2)9(7-10)8(3)4/h8-9H,5-6H2,1-4H3. The van der Waals surface area contributed by atoms with Gasteiger partial charge in [-0.05, 0) is 19.0 Å². The number of hydrogen-bond acceptors (Lipinski definition) is 2. The highest BCUT2D eigenvalue weighted by atomic mass is 15.1. The van der Waals surface area contributed by atoms with E-state index in [0.29, 0.717) is 5.92 Å². The van der Waals surface area contributed by atoms with Gasteiger partial charge in [-0.15, -0.1) is 0 Å². The summed E-state index contributed by atoms with van der Waals surface area (Å²) in [4.78, 5) is 2.19. The van der Waals surface area contributed by atoms with Crippen LogP contribution in [0, 0.1) is 17.2 Å². The van der Waals surface area contributed by atoms with Crippen molar-refractivity contribution in [3.05, 3.63) is 0 Å². The molecule has 0 rings (SSSR count). The van der Waals surface area contributed by atoms with Crippen LogP contribution in [0.5, 0.6) is 0 Å².